The van der Waals surface area contributed by atoms with Gasteiger partial charge in [-0.25, -0.2) is 9.37 Å². The van der Waals surface area contributed by atoms with E-state index in [-0.39, 0.29) is 11.7 Å². The van der Waals surface area contributed by atoms with Crippen molar-refractivity contribution in [2.24, 2.45) is 0 Å². The van der Waals surface area contributed by atoms with Crippen LogP contribution in [0.25, 0.3) is 10.9 Å². The fourth-order valence-corrected chi connectivity index (χ4v) is 2.06. The number of rotatable bonds is 6. The second-order valence-corrected chi connectivity index (χ2v) is 4.85. The van der Waals surface area contributed by atoms with E-state index in [1.165, 1.54) is 25.0 Å². The predicted octanol–water partition coefficient (Wildman–Crippen LogP) is 3.68. The lowest BCUT2D eigenvalue weighted by Gasteiger charge is -2.05. The molecule has 0 bridgehead atoms. The summed E-state index contributed by atoms with van der Waals surface area (Å²) in [5.74, 6) is -0.546. The van der Waals surface area contributed by atoms with E-state index in [0.717, 1.165) is 18.2 Å². The minimum Gasteiger partial charge on any atom is -0.351 e. The molecular formula is C16H19FN2O. The van der Waals surface area contributed by atoms with Gasteiger partial charge < -0.3 is 5.32 Å². The Morgan fingerprint density at radius 1 is 1.20 bits per heavy atom. The van der Waals surface area contributed by atoms with E-state index in [0.29, 0.717) is 17.8 Å². The first-order valence-electron chi connectivity index (χ1n) is 7.05. The molecule has 0 saturated heterocycles. The quantitative estimate of drug-likeness (QED) is 0.816. The van der Waals surface area contributed by atoms with Gasteiger partial charge in [0, 0.05) is 18.0 Å². The Morgan fingerprint density at radius 3 is 2.80 bits per heavy atom. The topological polar surface area (TPSA) is 42.0 Å². The van der Waals surface area contributed by atoms with Crippen LogP contribution in [0.1, 0.15) is 43.1 Å². The monoisotopic (exact) mass is 274 g/mol. The van der Waals surface area contributed by atoms with Crippen molar-refractivity contribution in [2.75, 3.05) is 6.54 Å². The summed E-state index contributed by atoms with van der Waals surface area (Å²) in [4.78, 5) is 16.1. The van der Waals surface area contributed by atoms with Gasteiger partial charge in [-0.2, -0.15) is 0 Å². The van der Waals surface area contributed by atoms with E-state index in [1.54, 1.807) is 18.2 Å². The van der Waals surface area contributed by atoms with Gasteiger partial charge in [0.05, 0.1) is 5.52 Å². The minimum absolute atomic E-state index is 0.201. The smallest absolute Gasteiger partial charge is 0.269 e. The molecule has 0 aliphatic carbocycles. The van der Waals surface area contributed by atoms with E-state index in [9.17, 15) is 9.18 Å². The van der Waals surface area contributed by atoms with Crippen molar-refractivity contribution < 1.29 is 9.18 Å². The summed E-state index contributed by atoms with van der Waals surface area (Å²) in [5, 5.41) is 3.67. The Balaban J connectivity index is 1.99. The molecule has 0 aliphatic rings. The van der Waals surface area contributed by atoms with Gasteiger partial charge in [0.25, 0.3) is 5.91 Å². The molecule has 0 radical (unpaired) electrons. The molecule has 1 amide bonds. The van der Waals surface area contributed by atoms with E-state index in [2.05, 4.69) is 17.2 Å². The van der Waals surface area contributed by atoms with Gasteiger partial charge in [-0.15, -0.1) is 0 Å². The van der Waals surface area contributed by atoms with Crippen LogP contribution >= 0.6 is 0 Å². The Kier molecular flexibility index (Phi) is 5.04. The zero-order valence-electron chi connectivity index (χ0n) is 11.7. The van der Waals surface area contributed by atoms with Crippen LogP contribution in [-0.2, 0) is 0 Å². The van der Waals surface area contributed by atoms with E-state index < -0.39 is 0 Å². The standard InChI is InChI=1S/C16H19FN2O/c1-2-3-4-5-10-18-16(20)14-9-7-12-6-8-13(17)11-15(12)19-14/h6-9,11H,2-5,10H2,1H3,(H,18,20). The average Bonchev–Trinajstić information content (AvgIpc) is 2.46. The molecule has 0 atom stereocenters. The molecule has 0 saturated carbocycles. The first kappa shape index (κ1) is 14.4. The summed E-state index contributed by atoms with van der Waals surface area (Å²) in [7, 11) is 0. The van der Waals surface area contributed by atoms with Crippen molar-refractivity contribution in [1.82, 2.24) is 10.3 Å². The fourth-order valence-electron chi connectivity index (χ4n) is 2.06. The number of hydrogen-bond acceptors (Lipinski definition) is 2. The highest BCUT2D eigenvalue weighted by Crippen LogP contribution is 2.14. The SMILES string of the molecule is CCCCCCNC(=O)c1ccc2ccc(F)cc2n1. The predicted molar refractivity (Wildman–Crippen MR) is 78.2 cm³/mol. The van der Waals surface area contributed by atoms with Crippen LogP contribution in [0, 0.1) is 5.82 Å². The lowest BCUT2D eigenvalue weighted by molar-refractivity contribution is 0.0948. The second kappa shape index (κ2) is 6.98. The lowest BCUT2D eigenvalue weighted by Crippen LogP contribution is -2.25. The first-order chi connectivity index (χ1) is 9.70. The van der Waals surface area contributed by atoms with Crippen molar-refractivity contribution in [3.8, 4) is 0 Å². The molecule has 1 heterocycles. The number of amides is 1. The molecule has 0 spiro atoms. The number of benzene rings is 1. The van der Waals surface area contributed by atoms with Crippen LogP contribution in [0.3, 0.4) is 0 Å². The first-order valence-corrected chi connectivity index (χ1v) is 7.05. The number of carbonyl (C=O) groups is 1. The zero-order chi connectivity index (χ0) is 14.4. The van der Waals surface area contributed by atoms with Gasteiger partial charge in [-0.1, -0.05) is 32.3 Å². The normalized spacial score (nSPS) is 10.7. The molecular weight excluding hydrogens is 255 g/mol. The van der Waals surface area contributed by atoms with E-state index >= 15 is 0 Å². The van der Waals surface area contributed by atoms with Crippen LogP contribution in [0.4, 0.5) is 4.39 Å². The van der Waals surface area contributed by atoms with Crippen LogP contribution < -0.4 is 5.32 Å². The Bertz CT molecular complexity index is 598. The molecule has 0 aliphatic heterocycles. The number of carbonyl (C=O) groups excluding carboxylic acids is 1. The van der Waals surface area contributed by atoms with Crippen LogP contribution in [0.5, 0.6) is 0 Å². The fraction of sp³-hybridized carbons (Fsp3) is 0.375. The minimum atomic E-state index is -0.345. The number of pyridine rings is 1. The number of nitrogens with one attached hydrogen (secondary N) is 1. The van der Waals surface area contributed by atoms with Crippen molar-refractivity contribution >= 4 is 16.8 Å². The van der Waals surface area contributed by atoms with Crippen LogP contribution in [0.2, 0.25) is 0 Å². The third-order valence-corrected chi connectivity index (χ3v) is 3.20. The molecule has 1 aromatic heterocycles. The lowest BCUT2D eigenvalue weighted by atomic mass is 10.2. The highest BCUT2D eigenvalue weighted by molar-refractivity contribution is 5.94. The molecule has 4 heteroatoms. The number of nitrogens with zero attached hydrogens (tertiary/aromatic N) is 1. The van der Waals surface area contributed by atoms with E-state index in [4.69, 9.17) is 0 Å². The maximum Gasteiger partial charge on any atom is 0.269 e. The molecule has 20 heavy (non-hydrogen) atoms. The molecule has 3 nitrogen and oxygen atoms in total. The number of halogens is 1. The summed E-state index contributed by atoms with van der Waals surface area (Å²) in [6.07, 6.45) is 4.45. The summed E-state index contributed by atoms with van der Waals surface area (Å²) in [5.41, 5.74) is 0.835. The molecule has 1 aromatic carbocycles. The van der Waals surface area contributed by atoms with Gasteiger partial charge in [-0.05, 0) is 24.6 Å². The van der Waals surface area contributed by atoms with Crippen LogP contribution in [0.15, 0.2) is 30.3 Å². The maximum atomic E-state index is 13.1. The number of unbranched alkanes of at least 4 members (excludes halogenated alkanes) is 3. The Labute approximate surface area is 118 Å². The summed E-state index contributed by atoms with van der Waals surface area (Å²) in [6, 6.07) is 7.84. The molecule has 0 fully saturated rings. The summed E-state index contributed by atoms with van der Waals surface area (Å²) < 4.78 is 13.1. The van der Waals surface area contributed by atoms with Gasteiger partial charge in [-0.3, -0.25) is 4.79 Å². The van der Waals surface area contributed by atoms with Gasteiger partial charge in [0.2, 0.25) is 0 Å². The number of hydrogen-bond donors (Lipinski definition) is 1. The summed E-state index contributed by atoms with van der Waals surface area (Å²) in [6.45, 7) is 2.80. The van der Waals surface area contributed by atoms with Gasteiger partial charge in [0.15, 0.2) is 0 Å². The molecule has 0 unspecified atom stereocenters. The number of aromatic nitrogens is 1. The van der Waals surface area contributed by atoms with Crippen molar-refractivity contribution in [3.63, 3.8) is 0 Å². The summed E-state index contributed by atoms with van der Waals surface area (Å²) >= 11 is 0. The van der Waals surface area contributed by atoms with Crippen molar-refractivity contribution in [1.29, 1.82) is 0 Å². The highest BCUT2D eigenvalue weighted by Gasteiger charge is 2.07. The van der Waals surface area contributed by atoms with Crippen molar-refractivity contribution in [2.45, 2.75) is 32.6 Å². The third-order valence-electron chi connectivity index (χ3n) is 3.20. The third kappa shape index (κ3) is 3.76. The van der Waals surface area contributed by atoms with E-state index in [1.807, 2.05) is 0 Å². The maximum absolute atomic E-state index is 13.1. The Hall–Kier alpha value is -1.97. The van der Waals surface area contributed by atoms with Crippen LogP contribution in [-0.4, -0.2) is 17.4 Å². The average molecular weight is 274 g/mol. The van der Waals surface area contributed by atoms with Gasteiger partial charge in [0.1, 0.15) is 11.5 Å². The molecule has 106 valence electrons. The highest BCUT2D eigenvalue weighted by atomic mass is 19.1. The Morgan fingerprint density at radius 2 is 2.00 bits per heavy atom. The van der Waals surface area contributed by atoms with Gasteiger partial charge >= 0.3 is 0 Å². The largest absolute Gasteiger partial charge is 0.351 e. The number of fused-ring (bicyclic) bond motifs is 1. The zero-order valence-corrected chi connectivity index (χ0v) is 11.7. The molecule has 1 N–H and O–H groups in total. The second-order valence-electron chi connectivity index (χ2n) is 4.85. The molecule has 2 aromatic rings. The molecule has 2 rings (SSSR count). The van der Waals surface area contributed by atoms with Crippen molar-refractivity contribution in [3.05, 3.63) is 41.8 Å².